The Morgan fingerprint density at radius 1 is 1.25 bits per heavy atom. The van der Waals surface area contributed by atoms with Crippen molar-refractivity contribution >= 4 is 11.8 Å². The minimum atomic E-state index is -0.940. The van der Waals surface area contributed by atoms with Crippen molar-refractivity contribution in [2.75, 3.05) is 0 Å². The van der Waals surface area contributed by atoms with Crippen LogP contribution in [0.3, 0.4) is 0 Å². The van der Waals surface area contributed by atoms with Gasteiger partial charge in [0.15, 0.2) is 0 Å². The standard InChI is InChI=1S/C10H11N3O2.H3N/c1-3-10(2)6(4-11)8(14)13-9(15)7(10)5-12;/h6-7H,3H2,1-2H3,(H,13,14,15);1H3. The predicted octanol–water partition coefficient (Wildman–Crippen LogP) is 0.501. The average Bonchev–Trinajstić information content (AvgIpc) is 2.18. The first-order valence-corrected chi connectivity index (χ1v) is 4.65. The number of carbonyl (C=O) groups excluding carboxylic acids is 2. The highest BCUT2D eigenvalue weighted by Crippen LogP contribution is 2.41. The highest BCUT2D eigenvalue weighted by molar-refractivity contribution is 6.03. The lowest BCUT2D eigenvalue weighted by molar-refractivity contribution is -0.144. The van der Waals surface area contributed by atoms with Crippen molar-refractivity contribution in [1.82, 2.24) is 11.5 Å². The van der Waals surface area contributed by atoms with E-state index in [1.807, 2.05) is 17.5 Å². The van der Waals surface area contributed by atoms with Crippen molar-refractivity contribution in [2.24, 2.45) is 17.3 Å². The number of carbonyl (C=O) groups is 2. The third kappa shape index (κ3) is 1.75. The van der Waals surface area contributed by atoms with Crippen molar-refractivity contribution in [1.29, 1.82) is 10.5 Å². The lowest BCUT2D eigenvalue weighted by Gasteiger charge is -2.38. The minimum Gasteiger partial charge on any atom is -0.344 e. The number of rotatable bonds is 1. The molecule has 1 rings (SSSR count). The summed E-state index contributed by atoms with van der Waals surface area (Å²) in [6.07, 6.45) is 0.433. The van der Waals surface area contributed by atoms with E-state index >= 15 is 0 Å². The van der Waals surface area contributed by atoms with E-state index in [1.165, 1.54) is 0 Å². The maximum absolute atomic E-state index is 11.4. The van der Waals surface area contributed by atoms with Gasteiger partial charge >= 0.3 is 0 Å². The molecule has 0 bridgehead atoms. The molecule has 16 heavy (non-hydrogen) atoms. The number of nitrogens with one attached hydrogen (secondary N) is 1. The number of nitrogens with zero attached hydrogens (tertiary/aromatic N) is 2. The lowest BCUT2D eigenvalue weighted by Crippen LogP contribution is -2.56. The van der Waals surface area contributed by atoms with Gasteiger partial charge < -0.3 is 6.15 Å². The minimum absolute atomic E-state index is 0. The third-order valence-electron chi connectivity index (χ3n) is 3.11. The van der Waals surface area contributed by atoms with Gasteiger partial charge in [0.1, 0.15) is 11.8 Å². The molecule has 1 aliphatic heterocycles. The molecule has 0 saturated carbocycles. The Hall–Kier alpha value is -1.92. The van der Waals surface area contributed by atoms with E-state index in [0.29, 0.717) is 6.42 Å². The zero-order chi connectivity index (χ0) is 11.6. The fourth-order valence-electron chi connectivity index (χ4n) is 1.85. The third-order valence-corrected chi connectivity index (χ3v) is 3.11. The van der Waals surface area contributed by atoms with E-state index in [0.717, 1.165) is 0 Å². The lowest BCUT2D eigenvalue weighted by atomic mass is 9.64. The molecule has 1 fully saturated rings. The first-order valence-electron chi connectivity index (χ1n) is 4.65. The molecular weight excluding hydrogens is 208 g/mol. The monoisotopic (exact) mass is 222 g/mol. The SMILES string of the molecule is CCC1(C)C(C#N)C(=O)NC(=O)C1C#N.N. The smallest absolute Gasteiger partial charge is 0.244 e. The van der Waals surface area contributed by atoms with Crippen LogP contribution in [0.15, 0.2) is 0 Å². The first-order chi connectivity index (χ1) is 7.01. The van der Waals surface area contributed by atoms with Gasteiger partial charge in [-0.25, -0.2) is 0 Å². The zero-order valence-corrected chi connectivity index (χ0v) is 9.28. The van der Waals surface area contributed by atoms with E-state index in [2.05, 4.69) is 0 Å². The Morgan fingerprint density at radius 2 is 1.62 bits per heavy atom. The van der Waals surface area contributed by atoms with Crippen LogP contribution in [0.2, 0.25) is 0 Å². The summed E-state index contributed by atoms with van der Waals surface area (Å²) in [6, 6.07) is 3.73. The normalized spacial score (nSPS) is 33.0. The van der Waals surface area contributed by atoms with Gasteiger partial charge in [0, 0.05) is 5.41 Å². The number of amides is 2. The maximum Gasteiger partial charge on any atom is 0.244 e. The largest absolute Gasteiger partial charge is 0.344 e. The van der Waals surface area contributed by atoms with Crippen LogP contribution in [0, 0.1) is 39.9 Å². The molecule has 2 amide bonds. The topological polar surface area (TPSA) is 129 Å². The maximum atomic E-state index is 11.4. The zero-order valence-electron chi connectivity index (χ0n) is 9.28. The second-order valence-electron chi connectivity index (χ2n) is 3.84. The number of nitriles is 2. The summed E-state index contributed by atoms with van der Waals surface area (Å²) in [5.41, 5.74) is -0.886. The molecule has 0 spiro atoms. The summed E-state index contributed by atoms with van der Waals surface area (Å²) >= 11 is 0. The molecular formula is C10H14N4O2. The Morgan fingerprint density at radius 3 is 1.88 bits per heavy atom. The molecule has 0 radical (unpaired) electrons. The van der Waals surface area contributed by atoms with Crippen LogP contribution in [-0.2, 0) is 9.59 Å². The number of piperidine rings is 1. The molecule has 0 aromatic carbocycles. The molecule has 2 atom stereocenters. The predicted molar refractivity (Wildman–Crippen MR) is 54.8 cm³/mol. The van der Waals surface area contributed by atoms with Crippen molar-refractivity contribution in [3.8, 4) is 12.1 Å². The van der Waals surface area contributed by atoms with E-state index < -0.39 is 29.1 Å². The molecule has 86 valence electrons. The van der Waals surface area contributed by atoms with Gasteiger partial charge in [-0.3, -0.25) is 14.9 Å². The second-order valence-corrected chi connectivity index (χ2v) is 3.84. The summed E-state index contributed by atoms with van der Waals surface area (Å²) in [5, 5.41) is 19.8. The molecule has 1 aliphatic rings. The highest BCUT2D eigenvalue weighted by Gasteiger charge is 2.52. The van der Waals surface area contributed by atoms with E-state index in [1.54, 1.807) is 13.8 Å². The average molecular weight is 222 g/mol. The fraction of sp³-hybridized carbons (Fsp3) is 0.600. The van der Waals surface area contributed by atoms with Crippen LogP contribution in [0.4, 0.5) is 0 Å². The van der Waals surface area contributed by atoms with Crippen molar-refractivity contribution in [3.63, 3.8) is 0 Å². The molecule has 2 unspecified atom stereocenters. The van der Waals surface area contributed by atoms with Crippen LogP contribution in [0.5, 0.6) is 0 Å². The van der Waals surface area contributed by atoms with Crippen LogP contribution in [-0.4, -0.2) is 11.8 Å². The van der Waals surface area contributed by atoms with Crippen molar-refractivity contribution in [2.45, 2.75) is 20.3 Å². The molecule has 0 aliphatic carbocycles. The van der Waals surface area contributed by atoms with Gasteiger partial charge in [-0.2, -0.15) is 10.5 Å². The number of hydrogen-bond donors (Lipinski definition) is 2. The summed E-state index contributed by atoms with van der Waals surface area (Å²) < 4.78 is 0. The van der Waals surface area contributed by atoms with Crippen LogP contribution < -0.4 is 11.5 Å². The Balaban J connectivity index is 0.00000225. The van der Waals surface area contributed by atoms with E-state index in [9.17, 15) is 9.59 Å². The molecule has 6 nitrogen and oxygen atoms in total. The summed E-state index contributed by atoms with van der Waals surface area (Å²) in [6.45, 7) is 3.39. The van der Waals surface area contributed by atoms with Crippen molar-refractivity contribution < 1.29 is 9.59 Å². The molecule has 0 aromatic heterocycles. The van der Waals surface area contributed by atoms with Gasteiger partial charge in [-0.05, 0) is 6.42 Å². The Labute approximate surface area is 93.8 Å². The molecule has 0 aromatic rings. The summed E-state index contributed by atoms with van der Waals surface area (Å²) in [5.74, 6) is -3.08. The summed E-state index contributed by atoms with van der Waals surface area (Å²) in [4.78, 5) is 22.8. The molecule has 6 heteroatoms. The van der Waals surface area contributed by atoms with Crippen LogP contribution in [0.25, 0.3) is 0 Å². The highest BCUT2D eigenvalue weighted by atomic mass is 16.2. The summed E-state index contributed by atoms with van der Waals surface area (Å²) in [7, 11) is 0. The second kappa shape index (κ2) is 4.73. The fourth-order valence-corrected chi connectivity index (χ4v) is 1.85. The van der Waals surface area contributed by atoms with Gasteiger partial charge in [-0.15, -0.1) is 0 Å². The number of imide groups is 1. The first kappa shape index (κ1) is 14.1. The van der Waals surface area contributed by atoms with Gasteiger partial charge in [-0.1, -0.05) is 13.8 Å². The van der Waals surface area contributed by atoms with Crippen molar-refractivity contribution in [3.05, 3.63) is 0 Å². The Bertz CT molecular complexity index is 359. The van der Waals surface area contributed by atoms with Gasteiger partial charge in [0.05, 0.1) is 12.1 Å². The molecule has 1 heterocycles. The molecule has 1 saturated heterocycles. The molecule has 4 N–H and O–H groups in total. The van der Waals surface area contributed by atoms with E-state index in [4.69, 9.17) is 10.5 Å². The van der Waals surface area contributed by atoms with Gasteiger partial charge in [0.25, 0.3) is 0 Å². The van der Waals surface area contributed by atoms with Crippen LogP contribution >= 0.6 is 0 Å². The van der Waals surface area contributed by atoms with E-state index in [-0.39, 0.29) is 6.15 Å². The Kier molecular flexibility index (Phi) is 4.17. The number of hydrogen-bond acceptors (Lipinski definition) is 5. The van der Waals surface area contributed by atoms with Crippen LogP contribution in [0.1, 0.15) is 20.3 Å². The quantitative estimate of drug-likeness (QED) is 0.624. The van der Waals surface area contributed by atoms with Gasteiger partial charge in [0.2, 0.25) is 11.8 Å².